The van der Waals surface area contributed by atoms with Crippen molar-refractivity contribution in [3.63, 3.8) is 0 Å². The lowest BCUT2D eigenvalue weighted by atomic mass is 10.1. The summed E-state index contributed by atoms with van der Waals surface area (Å²) in [6.45, 7) is 1.99. The number of rotatable bonds is 9. The van der Waals surface area contributed by atoms with Crippen molar-refractivity contribution in [3.8, 4) is 0 Å². The molecule has 0 saturated carbocycles. The van der Waals surface area contributed by atoms with Crippen LogP contribution in [0.5, 0.6) is 0 Å². The van der Waals surface area contributed by atoms with Crippen LogP contribution >= 0.6 is 11.8 Å². The van der Waals surface area contributed by atoms with Crippen molar-refractivity contribution in [1.29, 1.82) is 0 Å². The van der Waals surface area contributed by atoms with E-state index in [2.05, 4.69) is 20.3 Å². The van der Waals surface area contributed by atoms with Crippen LogP contribution in [0.4, 0.5) is 11.5 Å². The Hall–Kier alpha value is -2.77. The van der Waals surface area contributed by atoms with E-state index in [1.165, 1.54) is 24.4 Å². The number of aromatic nitrogens is 4. The molecule has 1 aliphatic heterocycles. The lowest BCUT2D eigenvalue weighted by Gasteiger charge is -2.16. The van der Waals surface area contributed by atoms with Crippen molar-refractivity contribution in [2.75, 3.05) is 16.8 Å². The number of aliphatic carboxylic acids is 1. The van der Waals surface area contributed by atoms with Gasteiger partial charge in [0.2, 0.25) is 0 Å². The van der Waals surface area contributed by atoms with Gasteiger partial charge in [0.15, 0.2) is 23.2 Å². The van der Waals surface area contributed by atoms with Crippen LogP contribution in [0.25, 0.3) is 11.2 Å². The molecule has 3 heterocycles. The second-order valence-electron chi connectivity index (χ2n) is 7.90. The van der Waals surface area contributed by atoms with Gasteiger partial charge >= 0.3 is 5.97 Å². The van der Waals surface area contributed by atoms with Gasteiger partial charge in [-0.05, 0) is 36.8 Å². The van der Waals surface area contributed by atoms with Crippen molar-refractivity contribution < 1.29 is 24.9 Å². The number of nitrogens with zero attached hydrogens (tertiary/aromatic N) is 4. The number of benzene rings is 1. The van der Waals surface area contributed by atoms with E-state index in [1.54, 1.807) is 4.57 Å². The molecule has 0 bridgehead atoms. The molecule has 33 heavy (non-hydrogen) atoms. The number of nitrogens with one attached hydrogen (secondary N) is 1. The molecule has 3 aromatic rings. The fourth-order valence-corrected chi connectivity index (χ4v) is 4.71. The molecule has 0 radical (unpaired) electrons. The molecule has 0 amide bonds. The highest BCUT2D eigenvalue weighted by molar-refractivity contribution is 7.99. The summed E-state index contributed by atoms with van der Waals surface area (Å²) < 4.78 is 7.52. The monoisotopic (exact) mass is 474 g/mol. The normalized spacial score (nSPS) is 23.6. The van der Waals surface area contributed by atoms with E-state index in [1.807, 2.05) is 31.2 Å². The maximum absolute atomic E-state index is 10.8. The number of aliphatic hydroxyl groups is 2. The van der Waals surface area contributed by atoms with Gasteiger partial charge in [-0.1, -0.05) is 12.1 Å². The zero-order valence-corrected chi connectivity index (χ0v) is 18.7. The third-order valence-electron chi connectivity index (χ3n) is 5.42. The summed E-state index contributed by atoms with van der Waals surface area (Å²) in [5.41, 5.74) is 8.42. The van der Waals surface area contributed by atoms with Crippen molar-refractivity contribution in [1.82, 2.24) is 19.5 Å². The number of aryl methyl sites for hydroxylation is 1. The first-order valence-corrected chi connectivity index (χ1v) is 11.6. The van der Waals surface area contributed by atoms with Crippen LogP contribution in [0.3, 0.4) is 0 Å². The minimum atomic E-state index is -1.18. The number of hydrogen-bond donors (Lipinski definition) is 5. The molecule has 0 spiro atoms. The van der Waals surface area contributed by atoms with Gasteiger partial charge in [0.25, 0.3) is 0 Å². The van der Waals surface area contributed by atoms with Crippen LogP contribution in [-0.2, 0) is 9.53 Å². The maximum Gasteiger partial charge on any atom is 0.320 e. The van der Waals surface area contributed by atoms with Gasteiger partial charge < -0.3 is 31.1 Å². The molecule has 4 rings (SSSR count). The van der Waals surface area contributed by atoms with Crippen molar-refractivity contribution in [3.05, 3.63) is 42.5 Å². The van der Waals surface area contributed by atoms with Crippen LogP contribution in [0.1, 0.15) is 18.2 Å². The third kappa shape index (κ3) is 5.09. The van der Waals surface area contributed by atoms with Gasteiger partial charge in [0.05, 0.1) is 12.4 Å². The number of anilines is 2. The number of carbonyl (C=O) groups is 1. The van der Waals surface area contributed by atoms with E-state index in [-0.39, 0.29) is 0 Å². The lowest BCUT2D eigenvalue weighted by Crippen LogP contribution is -2.33. The van der Waals surface area contributed by atoms with Crippen molar-refractivity contribution >= 4 is 40.4 Å². The molecule has 2 aromatic heterocycles. The summed E-state index contributed by atoms with van der Waals surface area (Å²) in [5.74, 6) is 0.339. The number of imidazole rings is 1. The Morgan fingerprint density at radius 3 is 2.88 bits per heavy atom. The fourth-order valence-electron chi connectivity index (χ4n) is 3.62. The van der Waals surface area contributed by atoms with E-state index in [0.717, 1.165) is 11.3 Å². The Balaban J connectivity index is 1.46. The molecule has 0 aliphatic carbocycles. The molecule has 5 atom stereocenters. The number of carboxylic acid groups (broad SMARTS) is 1. The fraction of sp³-hybridized carbons (Fsp3) is 0.429. The highest BCUT2D eigenvalue weighted by Gasteiger charge is 2.44. The van der Waals surface area contributed by atoms with E-state index in [0.29, 0.717) is 34.9 Å². The van der Waals surface area contributed by atoms with Crippen LogP contribution in [0, 0.1) is 6.92 Å². The van der Waals surface area contributed by atoms with Crippen molar-refractivity contribution in [2.45, 2.75) is 43.9 Å². The number of aliphatic hydroxyl groups excluding tert-OH is 2. The van der Waals surface area contributed by atoms with Crippen LogP contribution in [0.15, 0.2) is 36.9 Å². The van der Waals surface area contributed by atoms with Crippen LogP contribution in [-0.4, -0.2) is 76.7 Å². The molecular formula is C21H26N6O5S. The summed E-state index contributed by atoms with van der Waals surface area (Å²) in [5, 5.41) is 33.2. The van der Waals surface area contributed by atoms with Crippen LogP contribution in [0.2, 0.25) is 0 Å². The summed E-state index contributed by atoms with van der Waals surface area (Å²) in [6.07, 6.45) is -0.608. The predicted molar refractivity (Wildman–Crippen MR) is 123 cm³/mol. The van der Waals surface area contributed by atoms with E-state index in [9.17, 15) is 15.0 Å². The molecule has 0 unspecified atom stereocenters. The van der Waals surface area contributed by atoms with Gasteiger partial charge in [0, 0.05) is 11.4 Å². The third-order valence-corrected chi connectivity index (χ3v) is 6.51. The predicted octanol–water partition coefficient (Wildman–Crippen LogP) is 1.03. The highest BCUT2D eigenvalue weighted by atomic mass is 32.2. The Kier molecular flexibility index (Phi) is 7.10. The van der Waals surface area contributed by atoms with Crippen molar-refractivity contribution in [2.24, 2.45) is 5.73 Å². The summed E-state index contributed by atoms with van der Waals surface area (Å²) >= 11 is 1.41. The highest BCUT2D eigenvalue weighted by Crippen LogP contribution is 2.34. The molecule has 6 N–H and O–H groups in total. The molecule has 1 fully saturated rings. The number of fused-ring (bicyclic) bond motifs is 1. The number of nitrogens with two attached hydrogens (primary N) is 1. The zero-order valence-electron chi connectivity index (χ0n) is 17.9. The van der Waals surface area contributed by atoms with E-state index < -0.39 is 36.6 Å². The number of thioether (sulfide) groups is 1. The molecular weight excluding hydrogens is 448 g/mol. The first-order chi connectivity index (χ1) is 15.8. The zero-order chi connectivity index (χ0) is 23.5. The standard InChI is InChI=1S/C21H26N6O5S/c1-11-3-2-4-12(7-11)26-18-15-19(24-9-23-18)27(10-25-15)20-17(29)16(28)14(32-20)8-33-6-5-13(22)21(30)31/h2-4,7,9-10,13-14,16-17,20,28-29H,5-6,8,22H2,1H3,(H,30,31)(H,23,24,26)/t13-,14+,16+,17+,20+/m0/s1. The lowest BCUT2D eigenvalue weighted by molar-refractivity contribution is -0.138. The second kappa shape index (κ2) is 10.0. The molecule has 176 valence electrons. The van der Waals surface area contributed by atoms with E-state index in [4.69, 9.17) is 15.6 Å². The van der Waals surface area contributed by atoms with E-state index >= 15 is 0 Å². The second-order valence-corrected chi connectivity index (χ2v) is 9.05. The number of carboxylic acids is 1. The quantitative estimate of drug-likeness (QED) is 0.281. The summed E-state index contributed by atoms with van der Waals surface area (Å²) in [7, 11) is 0. The minimum Gasteiger partial charge on any atom is -0.480 e. The average molecular weight is 475 g/mol. The first kappa shape index (κ1) is 23.4. The van der Waals surface area contributed by atoms with Gasteiger partial charge in [0.1, 0.15) is 24.6 Å². The Morgan fingerprint density at radius 1 is 1.30 bits per heavy atom. The topological polar surface area (TPSA) is 169 Å². The number of hydrogen-bond acceptors (Lipinski definition) is 10. The van der Waals surface area contributed by atoms with Gasteiger partial charge in [-0.15, -0.1) is 0 Å². The summed E-state index contributed by atoms with van der Waals surface area (Å²) in [6, 6.07) is 6.91. The molecule has 1 aromatic carbocycles. The van der Waals surface area contributed by atoms with Gasteiger partial charge in [-0.2, -0.15) is 11.8 Å². The Bertz CT molecular complexity index is 1130. The minimum absolute atomic E-state index is 0.300. The smallest absolute Gasteiger partial charge is 0.320 e. The maximum atomic E-state index is 10.8. The molecule has 1 saturated heterocycles. The van der Waals surface area contributed by atoms with Gasteiger partial charge in [-0.3, -0.25) is 9.36 Å². The Labute approximate surface area is 194 Å². The largest absolute Gasteiger partial charge is 0.480 e. The molecule has 12 heteroatoms. The Morgan fingerprint density at radius 2 is 2.12 bits per heavy atom. The first-order valence-electron chi connectivity index (χ1n) is 10.4. The molecule has 11 nitrogen and oxygen atoms in total. The average Bonchev–Trinajstić information content (AvgIpc) is 3.33. The summed E-state index contributed by atoms with van der Waals surface area (Å²) in [4.78, 5) is 23.8. The molecule has 1 aliphatic rings. The number of ether oxygens (including phenoxy) is 1. The van der Waals surface area contributed by atoms with Gasteiger partial charge in [-0.25, -0.2) is 15.0 Å². The van der Waals surface area contributed by atoms with Crippen LogP contribution < -0.4 is 11.1 Å². The SMILES string of the molecule is Cc1cccc(Nc2ncnc3c2ncn3[C@@H]2O[C@H](CSCC[C@H](N)C(=O)O)[C@@H](O)[C@H]2O)c1.